The highest BCUT2D eigenvalue weighted by Gasteiger charge is 2.35. The van der Waals surface area contributed by atoms with Crippen LogP contribution in [0.1, 0.15) is 72.3 Å². The number of carbonyl (C=O) groups is 4. The number of hydrogen-bond acceptors (Lipinski definition) is 5. The Balaban J connectivity index is 2.38. The number of cyclic esters (lactones) is 1. The Hall–Kier alpha value is -2.42. The average molecular weight is 567 g/mol. The van der Waals surface area contributed by atoms with Gasteiger partial charge in [-0.15, -0.1) is 0 Å². The first-order chi connectivity index (χ1) is 17.0. The molecular weight excluding hydrogens is 526 g/mol. The summed E-state index contributed by atoms with van der Waals surface area (Å²) in [5, 5.41) is 8.29. The molecule has 0 aromatic heterocycles. The number of rotatable bonds is 8. The van der Waals surface area contributed by atoms with Gasteiger partial charge in [-0.05, 0) is 42.9 Å². The van der Waals surface area contributed by atoms with E-state index in [1.54, 1.807) is 6.92 Å². The van der Waals surface area contributed by atoms with Crippen LogP contribution in [0.15, 0.2) is 28.7 Å². The summed E-state index contributed by atoms with van der Waals surface area (Å²) in [5.74, 6) is -2.11. The van der Waals surface area contributed by atoms with E-state index in [1.807, 2.05) is 45.0 Å². The van der Waals surface area contributed by atoms with Crippen molar-refractivity contribution in [3.63, 3.8) is 0 Å². The Labute approximate surface area is 222 Å². The highest BCUT2D eigenvalue weighted by molar-refractivity contribution is 9.10. The van der Waals surface area contributed by atoms with E-state index in [1.165, 1.54) is 0 Å². The fraction of sp³-hybridized carbons (Fsp3) is 0.630. The molecule has 0 saturated carbocycles. The minimum absolute atomic E-state index is 0.0581. The van der Waals surface area contributed by atoms with Gasteiger partial charge in [0.15, 0.2) is 0 Å². The molecule has 1 aromatic rings. The molecule has 200 valence electrons. The predicted molar refractivity (Wildman–Crippen MR) is 142 cm³/mol. The maximum Gasteiger partial charge on any atom is 0.329 e. The number of amides is 3. The number of ether oxygens (including phenoxy) is 1. The van der Waals surface area contributed by atoms with E-state index in [0.717, 1.165) is 29.3 Å². The number of nitrogens with one attached hydrogen (secondary N) is 3. The summed E-state index contributed by atoms with van der Waals surface area (Å²) in [4.78, 5) is 52.4. The lowest BCUT2D eigenvalue weighted by Crippen LogP contribution is -2.55. The molecule has 6 unspecified atom stereocenters. The number of halogens is 1. The van der Waals surface area contributed by atoms with Crippen LogP contribution in [0.25, 0.3) is 0 Å². The van der Waals surface area contributed by atoms with E-state index in [2.05, 4.69) is 38.8 Å². The van der Waals surface area contributed by atoms with E-state index in [0.29, 0.717) is 6.42 Å². The van der Waals surface area contributed by atoms with Crippen LogP contribution in [0.4, 0.5) is 0 Å². The van der Waals surface area contributed by atoms with Crippen molar-refractivity contribution in [3.8, 4) is 0 Å². The molecule has 1 aromatic carbocycles. The summed E-state index contributed by atoms with van der Waals surface area (Å²) in [5.41, 5.74) is 0.858. The molecule has 1 heterocycles. The number of unbranched alkanes of at least 4 members (excludes halogenated alkanes) is 1. The van der Waals surface area contributed by atoms with Crippen LogP contribution in [0.3, 0.4) is 0 Å². The molecule has 0 spiro atoms. The van der Waals surface area contributed by atoms with E-state index in [-0.39, 0.29) is 30.6 Å². The Kier molecular flexibility index (Phi) is 11.9. The van der Waals surface area contributed by atoms with Crippen molar-refractivity contribution >= 4 is 39.6 Å². The van der Waals surface area contributed by atoms with Gasteiger partial charge in [-0.1, -0.05) is 75.0 Å². The van der Waals surface area contributed by atoms with Crippen LogP contribution in [0, 0.1) is 11.8 Å². The molecule has 0 bridgehead atoms. The SMILES string of the molecule is CCCCC(C)C1CC(=O)NC(Cc2ccc(Br)cc2)C(=O)NC(C)C(=O)NC(C(C)CC)C(=O)O1. The molecule has 1 aliphatic rings. The van der Waals surface area contributed by atoms with Crippen LogP contribution in [0.2, 0.25) is 0 Å². The zero-order valence-electron chi connectivity index (χ0n) is 21.9. The second kappa shape index (κ2) is 14.4. The summed E-state index contributed by atoms with van der Waals surface area (Å²) < 4.78 is 6.79. The van der Waals surface area contributed by atoms with Crippen molar-refractivity contribution in [1.82, 2.24) is 16.0 Å². The van der Waals surface area contributed by atoms with Gasteiger partial charge in [0.1, 0.15) is 24.2 Å². The molecule has 0 radical (unpaired) electrons. The zero-order valence-corrected chi connectivity index (χ0v) is 23.5. The summed E-state index contributed by atoms with van der Waals surface area (Å²) in [6.45, 7) is 9.39. The molecule has 36 heavy (non-hydrogen) atoms. The highest BCUT2D eigenvalue weighted by atomic mass is 79.9. The van der Waals surface area contributed by atoms with Gasteiger partial charge in [0.2, 0.25) is 17.7 Å². The van der Waals surface area contributed by atoms with Gasteiger partial charge in [0, 0.05) is 10.9 Å². The van der Waals surface area contributed by atoms with Crippen LogP contribution in [0.5, 0.6) is 0 Å². The monoisotopic (exact) mass is 565 g/mol. The van der Waals surface area contributed by atoms with Gasteiger partial charge in [0.25, 0.3) is 0 Å². The Bertz CT molecular complexity index is 907. The normalized spacial score (nSPS) is 25.7. The van der Waals surface area contributed by atoms with Crippen LogP contribution in [-0.4, -0.2) is 47.9 Å². The van der Waals surface area contributed by atoms with Gasteiger partial charge in [-0.25, -0.2) is 4.79 Å². The second-order valence-electron chi connectivity index (χ2n) is 9.85. The largest absolute Gasteiger partial charge is 0.460 e. The Morgan fingerprint density at radius 3 is 2.25 bits per heavy atom. The van der Waals surface area contributed by atoms with Crippen LogP contribution >= 0.6 is 15.9 Å². The fourth-order valence-electron chi connectivity index (χ4n) is 4.12. The standard InChI is InChI=1S/C27H40BrN3O5/c1-6-8-9-17(4)22-15-23(32)30-21(14-19-10-12-20(28)13-11-19)26(34)29-18(5)25(33)31-24(16(3)7-2)27(35)36-22/h10-13,16-18,21-22,24H,6-9,14-15H2,1-5H3,(H,29,34)(H,30,32)(H,31,33). The van der Waals surface area contributed by atoms with Crippen molar-refractivity contribution in [1.29, 1.82) is 0 Å². The van der Waals surface area contributed by atoms with Crippen molar-refractivity contribution in [2.75, 3.05) is 0 Å². The lowest BCUT2D eigenvalue weighted by molar-refractivity contribution is -0.158. The van der Waals surface area contributed by atoms with Gasteiger partial charge in [0.05, 0.1) is 6.42 Å². The van der Waals surface area contributed by atoms with E-state index >= 15 is 0 Å². The predicted octanol–water partition coefficient (Wildman–Crippen LogP) is 3.65. The maximum absolute atomic E-state index is 13.2. The first-order valence-electron chi connectivity index (χ1n) is 12.9. The third-order valence-electron chi connectivity index (χ3n) is 6.82. The number of benzene rings is 1. The zero-order chi connectivity index (χ0) is 26.8. The fourth-order valence-corrected chi connectivity index (χ4v) is 4.39. The molecule has 1 aliphatic heterocycles. The summed E-state index contributed by atoms with van der Waals surface area (Å²) in [7, 11) is 0. The molecule has 3 N–H and O–H groups in total. The Morgan fingerprint density at radius 2 is 1.64 bits per heavy atom. The minimum Gasteiger partial charge on any atom is -0.460 e. The van der Waals surface area contributed by atoms with E-state index in [9.17, 15) is 19.2 Å². The van der Waals surface area contributed by atoms with Gasteiger partial charge >= 0.3 is 5.97 Å². The highest BCUT2D eigenvalue weighted by Crippen LogP contribution is 2.21. The lowest BCUT2D eigenvalue weighted by Gasteiger charge is -2.29. The van der Waals surface area contributed by atoms with Crippen molar-refractivity contribution in [2.24, 2.45) is 11.8 Å². The van der Waals surface area contributed by atoms with Gasteiger partial charge in [-0.3, -0.25) is 14.4 Å². The molecule has 3 amide bonds. The van der Waals surface area contributed by atoms with Gasteiger partial charge in [-0.2, -0.15) is 0 Å². The number of esters is 1. The molecule has 9 heteroatoms. The summed E-state index contributed by atoms with van der Waals surface area (Å²) in [6.07, 6.45) is 2.89. The molecule has 1 fully saturated rings. The Morgan fingerprint density at radius 1 is 0.972 bits per heavy atom. The summed E-state index contributed by atoms with van der Waals surface area (Å²) in [6, 6.07) is 4.81. The van der Waals surface area contributed by atoms with Crippen LogP contribution in [-0.2, 0) is 30.3 Å². The first-order valence-corrected chi connectivity index (χ1v) is 13.7. The molecule has 6 atom stereocenters. The third kappa shape index (κ3) is 8.91. The summed E-state index contributed by atoms with van der Waals surface area (Å²) >= 11 is 3.40. The topological polar surface area (TPSA) is 114 Å². The quantitative estimate of drug-likeness (QED) is 0.416. The lowest BCUT2D eigenvalue weighted by atomic mass is 9.94. The number of carbonyl (C=O) groups excluding carboxylic acids is 4. The molecule has 0 aliphatic carbocycles. The molecule has 2 rings (SSSR count). The number of hydrogen-bond donors (Lipinski definition) is 3. The van der Waals surface area contributed by atoms with E-state index in [4.69, 9.17) is 4.74 Å². The average Bonchev–Trinajstić information content (AvgIpc) is 2.85. The molecule has 8 nitrogen and oxygen atoms in total. The first kappa shape index (κ1) is 29.8. The van der Waals surface area contributed by atoms with Crippen LogP contribution < -0.4 is 16.0 Å². The van der Waals surface area contributed by atoms with Crippen molar-refractivity contribution in [3.05, 3.63) is 34.3 Å². The van der Waals surface area contributed by atoms with Gasteiger partial charge < -0.3 is 20.7 Å². The third-order valence-corrected chi connectivity index (χ3v) is 7.35. The molecular formula is C27H40BrN3O5. The smallest absolute Gasteiger partial charge is 0.329 e. The van der Waals surface area contributed by atoms with Crippen molar-refractivity contribution in [2.45, 2.75) is 97.4 Å². The second-order valence-corrected chi connectivity index (χ2v) is 10.8. The van der Waals surface area contributed by atoms with E-state index < -0.39 is 42.0 Å². The maximum atomic E-state index is 13.2. The molecule has 1 saturated heterocycles. The minimum atomic E-state index is -0.902. The van der Waals surface area contributed by atoms with Crippen molar-refractivity contribution < 1.29 is 23.9 Å².